The standard InChI is InChI=1S/C10H11N3O/c14-8-9-7-11-5-6-13(9)10-3-1-2-4-12-10/h1-4,11H,5-7H2. The molecular formula is C10H11N3O. The second-order valence-electron chi connectivity index (χ2n) is 3.07. The van der Waals surface area contributed by atoms with Gasteiger partial charge >= 0.3 is 0 Å². The van der Waals surface area contributed by atoms with Crippen LogP contribution in [-0.2, 0) is 4.79 Å². The number of carbonyl (C=O) groups excluding carboxylic acids is 1. The molecule has 0 aromatic carbocycles. The van der Waals surface area contributed by atoms with Gasteiger partial charge in [0, 0.05) is 25.8 Å². The lowest BCUT2D eigenvalue weighted by atomic mass is 10.3. The first kappa shape index (κ1) is 8.94. The van der Waals surface area contributed by atoms with Gasteiger partial charge < -0.3 is 10.2 Å². The van der Waals surface area contributed by atoms with Crippen LogP contribution >= 0.6 is 0 Å². The molecule has 1 saturated heterocycles. The van der Waals surface area contributed by atoms with Gasteiger partial charge in [0.15, 0.2) is 0 Å². The number of hydrogen-bond acceptors (Lipinski definition) is 4. The molecule has 0 saturated carbocycles. The number of aromatic nitrogens is 1. The quantitative estimate of drug-likeness (QED) is 0.641. The third kappa shape index (κ3) is 1.66. The van der Waals surface area contributed by atoms with Gasteiger partial charge in [0.25, 0.3) is 0 Å². The van der Waals surface area contributed by atoms with Crippen molar-refractivity contribution in [2.75, 3.05) is 24.5 Å². The molecule has 1 aromatic rings. The molecule has 4 heteroatoms. The van der Waals surface area contributed by atoms with Crippen molar-refractivity contribution in [2.24, 2.45) is 0 Å². The second kappa shape index (κ2) is 4.05. The number of hydrogen-bond donors (Lipinski definition) is 1. The third-order valence-corrected chi connectivity index (χ3v) is 2.17. The topological polar surface area (TPSA) is 45.2 Å². The van der Waals surface area contributed by atoms with E-state index in [0.29, 0.717) is 12.2 Å². The summed E-state index contributed by atoms with van der Waals surface area (Å²) in [5.41, 5.74) is 0.620. The molecule has 4 nitrogen and oxygen atoms in total. The Morgan fingerprint density at radius 1 is 1.50 bits per heavy atom. The first-order valence-electron chi connectivity index (χ1n) is 4.55. The smallest absolute Gasteiger partial charge is 0.147 e. The van der Waals surface area contributed by atoms with Crippen LogP contribution in [0.3, 0.4) is 0 Å². The van der Waals surface area contributed by atoms with Crippen molar-refractivity contribution in [3.63, 3.8) is 0 Å². The zero-order chi connectivity index (χ0) is 9.80. The van der Waals surface area contributed by atoms with Crippen LogP contribution < -0.4 is 10.2 Å². The minimum absolute atomic E-state index is 0.570. The van der Waals surface area contributed by atoms with E-state index in [1.807, 2.05) is 29.0 Å². The van der Waals surface area contributed by atoms with Crippen molar-refractivity contribution >= 4 is 11.8 Å². The highest BCUT2D eigenvalue weighted by Gasteiger charge is 2.17. The Balaban J connectivity index is 2.28. The highest BCUT2D eigenvalue weighted by molar-refractivity contribution is 5.63. The van der Waals surface area contributed by atoms with Crippen molar-refractivity contribution in [2.45, 2.75) is 0 Å². The minimum atomic E-state index is 0.570. The monoisotopic (exact) mass is 189 g/mol. The van der Waals surface area contributed by atoms with Gasteiger partial charge in [0.1, 0.15) is 17.5 Å². The third-order valence-electron chi connectivity index (χ3n) is 2.17. The molecule has 0 bridgehead atoms. The van der Waals surface area contributed by atoms with E-state index >= 15 is 0 Å². The minimum Gasteiger partial charge on any atom is -0.318 e. The van der Waals surface area contributed by atoms with Crippen molar-refractivity contribution in [1.29, 1.82) is 0 Å². The van der Waals surface area contributed by atoms with Crippen LogP contribution in [0.4, 0.5) is 5.82 Å². The summed E-state index contributed by atoms with van der Waals surface area (Å²) in [5, 5.41) is 3.12. The van der Waals surface area contributed by atoms with Gasteiger partial charge in [-0.2, -0.15) is 0 Å². The summed E-state index contributed by atoms with van der Waals surface area (Å²) in [6, 6.07) is 5.66. The van der Waals surface area contributed by atoms with E-state index < -0.39 is 0 Å². The Kier molecular flexibility index (Phi) is 2.58. The predicted octanol–water partition coefficient (Wildman–Crippen LogP) is 0.207. The van der Waals surface area contributed by atoms with E-state index in [1.54, 1.807) is 6.20 Å². The van der Waals surface area contributed by atoms with Crippen LogP contribution in [-0.4, -0.2) is 30.6 Å². The lowest BCUT2D eigenvalue weighted by Gasteiger charge is -2.28. The maximum absolute atomic E-state index is 10.7. The number of rotatable bonds is 1. The summed E-state index contributed by atoms with van der Waals surface area (Å²) < 4.78 is 0. The zero-order valence-corrected chi connectivity index (χ0v) is 7.73. The molecular weight excluding hydrogens is 178 g/mol. The van der Waals surface area contributed by atoms with Crippen LogP contribution in [0.2, 0.25) is 0 Å². The van der Waals surface area contributed by atoms with Gasteiger partial charge in [-0.25, -0.2) is 9.78 Å². The summed E-state index contributed by atoms with van der Waals surface area (Å²) in [4.78, 5) is 16.8. The second-order valence-corrected chi connectivity index (χ2v) is 3.07. The molecule has 1 aliphatic rings. The van der Waals surface area contributed by atoms with E-state index in [-0.39, 0.29) is 0 Å². The fourth-order valence-corrected chi connectivity index (χ4v) is 1.49. The summed E-state index contributed by atoms with van der Waals surface area (Å²) in [5.74, 6) is 2.75. The molecule has 1 N–H and O–H groups in total. The molecule has 0 atom stereocenters. The normalized spacial score (nSPS) is 16.6. The number of nitrogens with zero attached hydrogens (tertiary/aromatic N) is 2. The lowest BCUT2D eigenvalue weighted by Crippen LogP contribution is -2.42. The summed E-state index contributed by atoms with van der Waals surface area (Å²) >= 11 is 0. The predicted molar refractivity (Wildman–Crippen MR) is 53.7 cm³/mol. The summed E-state index contributed by atoms with van der Waals surface area (Å²) in [6.07, 6.45) is 1.72. The van der Waals surface area contributed by atoms with Crippen LogP contribution in [0, 0.1) is 0 Å². The molecule has 72 valence electrons. The van der Waals surface area contributed by atoms with Crippen molar-refractivity contribution in [3.8, 4) is 0 Å². The molecule has 0 spiro atoms. The first-order valence-corrected chi connectivity index (χ1v) is 4.55. The Morgan fingerprint density at radius 2 is 2.43 bits per heavy atom. The maximum Gasteiger partial charge on any atom is 0.147 e. The summed E-state index contributed by atoms with van der Waals surface area (Å²) in [7, 11) is 0. The van der Waals surface area contributed by atoms with Crippen LogP contribution in [0.1, 0.15) is 0 Å². The molecule has 0 radical (unpaired) electrons. The van der Waals surface area contributed by atoms with Gasteiger partial charge in [-0.15, -0.1) is 0 Å². The van der Waals surface area contributed by atoms with Crippen molar-refractivity contribution in [1.82, 2.24) is 10.3 Å². The average molecular weight is 189 g/mol. The highest BCUT2D eigenvalue weighted by Crippen LogP contribution is 2.14. The molecule has 1 aromatic heterocycles. The number of anilines is 1. The maximum atomic E-state index is 10.7. The van der Waals surface area contributed by atoms with Gasteiger partial charge in [-0.1, -0.05) is 6.07 Å². The lowest BCUT2D eigenvalue weighted by molar-refractivity contribution is 0.559. The zero-order valence-electron chi connectivity index (χ0n) is 7.73. The van der Waals surface area contributed by atoms with Gasteiger partial charge in [0.2, 0.25) is 0 Å². The Morgan fingerprint density at radius 3 is 3.14 bits per heavy atom. The first-order chi connectivity index (χ1) is 6.92. The molecule has 0 unspecified atom stereocenters. The number of nitrogens with one attached hydrogen (secondary N) is 1. The van der Waals surface area contributed by atoms with Crippen molar-refractivity contribution in [3.05, 3.63) is 30.1 Å². The van der Waals surface area contributed by atoms with E-state index in [9.17, 15) is 4.79 Å². The van der Waals surface area contributed by atoms with Crippen LogP contribution in [0.25, 0.3) is 0 Å². The van der Waals surface area contributed by atoms with Gasteiger partial charge in [-0.3, -0.25) is 0 Å². The Bertz CT molecular complexity index is 357. The molecule has 0 aliphatic carbocycles. The Labute approximate surface area is 82.3 Å². The summed E-state index contributed by atoms with van der Waals surface area (Å²) in [6.45, 7) is 2.20. The Hall–Kier alpha value is -1.64. The van der Waals surface area contributed by atoms with E-state index in [4.69, 9.17) is 0 Å². The molecule has 14 heavy (non-hydrogen) atoms. The van der Waals surface area contributed by atoms with E-state index in [1.165, 1.54) is 0 Å². The van der Waals surface area contributed by atoms with E-state index in [0.717, 1.165) is 18.9 Å². The molecule has 2 heterocycles. The average Bonchev–Trinajstić information content (AvgIpc) is 2.30. The molecule has 1 aliphatic heterocycles. The molecule has 1 fully saturated rings. The number of pyridine rings is 1. The van der Waals surface area contributed by atoms with Crippen LogP contribution in [0.5, 0.6) is 0 Å². The largest absolute Gasteiger partial charge is 0.318 e. The van der Waals surface area contributed by atoms with Gasteiger partial charge in [0.05, 0.1) is 0 Å². The molecule has 2 rings (SSSR count). The number of piperazine rings is 1. The fraction of sp³-hybridized carbons (Fsp3) is 0.300. The van der Waals surface area contributed by atoms with Crippen LogP contribution in [0.15, 0.2) is 30.1 Å². The van der Waals surface area contributed by atoms with E-state index in [2.05, 4.69) is 10.3 Å². The fourth-order valence-electron chi connectivity index (χ4n) is 1.49. The van der Waals surface area contributed by atoms with Gasteiger partial charge in [-0.05, 0) is 12.1 Å². The highest BCUT2D eigenvalue weighted by atomic mass is 16.1. The SMILES string of the molecule is O=C=C1CNCCN1c1ccccn1. The van der Waals surface area contributed by atoms with Crippen molar-refractivity contribution < 1.29 is 4.79 Å². The molecule has 0 amide bonds.